The standard InChI is InChI=1S/C14H18BrClO/c1-9-3-5-12(7-10(9)2)17-14-8-11(15)4-6-13(14)16/h4,6,8-10,12H,3,5,7H2,1-2H3. The fourth-order valence-corrected chi connectivity index (χ4v) is 2.85. The third kappa shape index (κ3) is 3.38. The molecule has 0 bridgehead atoms. The number of ether oxygens (including phenoxy) is 1. The number of halogens is 2. The Morgan fingerprint density at radius 1 is 1.24 bits per heavy atom. The second-order valence-corrected chi connectivity index (χ2v) is 6.41. The fourth-order valence-electron chi connectivity index (χ4n) is 2.35. The lowest BCUT2D eigenvalue weighted by Gasteiger charge is -2.32. The third-order valence-electron chi connectivity index (χ3n) is 3.74. The molecule has 0 aliphatic heterocycles. The zero-order valence-corrected chi connectivity index (χ0v) is 12.6. The van der Waals surface area contributed by atoms with Crippen molar-refractivity contribution in [1.29, 1.82) is 0 Å². The third-order valence-corrected chi connectivity index (χ3v) is 4.54. The molecule has 0 heterocycles. The highest BCUT2D eigenvalue weighted by Gasteiger charge is 2.26. The van der Waals surface area contributed by atoms with Crippen LogP contribution in [0.15, 0.2) is 22.7 Å². The van der Waals surface area contributed by atoms with Crippen LogP contribution in [-0.2, 0) is 0 Å². The largest absolute Gasteiger partial charge is 0.489 e. The molecular weight excluding hydrogens is 300 g/mol. The molecule has 3 heteroatoms. The van der Waals surface area contributed by atoms with E-state index in [9.17, 15) is 0 Å². The molecule has 1 aliphatic rings. The van der Waals surface area contributed by atoms with Crippen LogP contribution in [0.5, 0.6) is 5.75 Å². The Kier molecular flexibility index (Phi) is 4.37. The topological polar surface area (TPSA) is 9.23 Å². The van der Waals surface area contributed by atoms with Crippen LogP contribution in [0.1, 0.15) is 33.1 Å². The van der Waals surface area contributed by atoms with Gasteiger partial charge in [0.2, 0.25) is 0 Å². The quantitative estimate of drug-likeness (QED) is 0.718. The zero-order chi connectivity index (χ0) is 12.4. The first-order valence-electron chi connectivity index (χ1n) is 6.18. The van der Waals surface area contributed by atoms with E-state index in [0.717, 1.165) is 34.9 Å². The Morgan fingerprint density at radius 2 is 2.00 bits per heavy atom. The van der Waals surface area contributed by atoms with E-state index < -0.39 is 0 Å². The van der Waals surface area contributed by atoms with Gasteiger partial charge in [-0.05, 0) is 49.3 Å². The number of hydrogen-bond donors (Lipinski definition) is 0. The Labute approximate surface area is 117 Å². The van der Waals surface area contributed by atoms with E-state index in [1.165, 1.54) is 6.42 Å². The van der Waals surface area contributed by atoms with Crippen molar-refractivity contribution in [2.24, 2.45) is 11.8 Å². The van der Waals surface area contributed by atoms with Gasteiger partial charge in [0.25, 0.3) is 0 Å². The summed E-state index contributed by atoms with van der Waals surface area (Å²) in [5.41, 5.74) is 0. The van der Waals surface area contributed by atoms with Crippen molar-refractivity contribution >= 4 is 27.5 Å². The maximum absolute atomic E-state index is 6.13. The van der Waals surface area contributed by atoms with Gasteiger partial charge in [0, 0.05) is 4.47 Å². The number of hydrogen-bond acceptors (Lipinski definition) is 1. The minimum absolute atomic E-state index is 0.313. The summed E-state index contributed by atoms with van der Waals surface area (Å²) in [6, 6.07) is 5.75. The molecule has 0 spiro atoms. The van der Waals surface area contributed by atoms with Crippen LogP contribution in [0.4, 0.5) is 0 Å². The molecule has 3 atom stereocenters. The maximum Gasteiger partial charge on any atom is 0.139 e. The van der Waals surface area contributed by atoms with Crippen molar-refractivity contribution in [3.63, 3.8) is 0 Å². The van der Waals surface area contributed by atoms with Crippen LogP contribution in [-0.4, -0.2) is 6.10 Å². The lowest BCUT2D eigenvalue weighted by Crippen LogP contribution is -2.28. The Bertz CT molecular complexity index is 394. The zero-order valence-electron chi connectivity index (χ0n) is 10.2. The smallest absolute Gasteiger partial charge is 0.139 e. The van der Waals surface area contributed by atoms with Crippen LogP contribution >= 0.6 is 27.5 Å². The first kappa shape index (κ1) is 13.2. The first-order chi connectivity index (χ1) is 8.06. The van der Waals surface area contributed by atoms with Crippen molar-refractivity contribution in [1.82, 2.24) is 0 Å². The van der Waals surface area contributed by atoms with E-state index in [1.54, 1.807) is 0 Å². The monoisotopic (exact) mass is 316 g/mol. The summed E-state index contributed by atoms with van der Waals surface area (Å²) in [7, 11) is 0. The summed E-state index contributed by atoms with van der Waals surface area (Å²) in [4.78, 5) is 0. The van der Waals surface area contributed by atoms with Crippen molar-refractivity contribution < 1.29 is 4.74 Å². The highest BCUT2D eigenvalue weighted by atomic mass is 79.9. The molecule has 0 N–H and O–H groups in total. The van der Waals surface area contributed by atoms with Crippen LogP contribution in [0.25, 0.3) is 0 Å². The van der Waals surface area contributed by atoms with E-state index in [4.69, 9.17) is 16.3 Å². The van der Waals surface area contributed by atoms with E-state index in [1.807, 2.05) is 18.2 Å². The van der Waals surface area contributed by atoms with Crippen LogP contribution in [0.3, 0.4) is 0 Å². The molecule has 3 unspecified atom stereocenters. The van der Waals surface area contributed by atoms with Gasteiger partial charge in [-0.15, -0.1) is 0 Å². The summed E-state index contributed by atoms with van der Waals surface area (Å²) in [6.07, 6.45) is 3.82. The van der Waals surface area contributed by atoms with Crippen molar-refractivity contribution in [2.75, 3.05) is 0 Å². The molecule has 1 aliphatic carbocycles. The van der Waals surface area contributed by atoms with Crippen molar-refractivity contribution in [2.45, 2.75) is 39.2 Å². The molecule has 0 aromatic heterocycles. The van der Waals surface area contributed by atoms with Gasteiger partial charge in [0.1, 0.15) is 5.75 Å². The van der Waals surface area contributed by atoms with E-state index in [-0.39, 0.29) is 0 Å². The average molecular weight is 318 g/mol. The maximum atomic E-state index is 6.13. The van der Waals surface area contributed by atoms with Gasteiger partial charge in [-0.2, -0.15) is 0 Å². The summed E-state index contributed by atoms with van der Waals surface area (Å²) in [5, 5.41) is 0.694. The summed E-state index contributed by atoms with van der Waals surface area (Å²) < 4.78 is 7.03. The van der Waals surface area contributed by atoms with E-state index >= 15 is 0 Å². The van der Waals surface area contributed by atoms with Crippen LogP contribution in [0, 0.1) is 11.8 Å². The Morgan fingerprint density at radius 3 is 2.71 bits per heavy atom. The molecule has 1 aromatic carbocycles. The van der Waals surface area contributed by atoms with Gasteiger partial charge in [-0.3, -0.25) is 0 Å². The van der Waals surface area contributed by atoms with Crippen LogP contribution < -0.4 is 4.74 Å². The molecule has 1 aromatic rings. The Balaban J connectivity index is 2.03. The molecule has 2 rings (SSSR count). The van der Waals surface area contributed by atoms with Crippen molar-refractivity contribution in [3.8, 4) is 5.75 Å². The van der Waals surface area contributed by atoms with Gasteiger partial charge in [-0.1, -0.05) is 41.4 Å². The molecule has 1 fully saturated rings. The highest BCUT2D eigenvalue weighted by Crippen LogP contribution is 2.35. The summed E-state index contributed by atoms with van der Waals surface area (Å²) >= 11 is 9.58. The molecule has 1 nitrogen and oxygen atoms in total. The van der Waals surface area contributed by atoms with Gasteiger partial charge in [0.05, 0.1) is 11.1 Å². The van der Waals surface area contributed by atoms with Crippen molar-refractivity contribution in [3.05, 3.63) is 27.7 Å². The van der Waals surface area contributed by atoms with E-state index in [2.05, 4.69) is 29.8 Å². The molecule has 1 saturated carbocycles. The fraction of sp³-hybridized carbons (Fsp3) is 0.571. The van der Waals surface area contributed by atoms with E-state index in [0.29, 0.717) is 11.1 Å². The Hall–Kier alpha value is -0.210. The van der Waals surface area contributed by atoms with Gasteiger partial charge >= 0.3 is 0 Å². The minimum Gasteiger partial charge on any atom is -0.489 e. The lowest BCUT2D eigenvalue weighted by atomic mass is 9.80. The highest BCUT2D eigenvalue weighted by molar-refractivity contribution is 9.10. The second-order valence-electron chi connectivity index (χ2n) is 5.08. The summed E-state index contributed by atoms with van der Waals surface area (Å²) in [6.45, 7) is 4.63. The molecule has 0 amide bonds. The molecule has 94 valence electrons. The second kappa shape index (κ2) is 5.62. The minimum atomic E-state index is 0.313. The molecular formula is C14H18BrClO. The SMILES string of the molecule is CC1CCC(Oc2cc(Br)ccc2Cl)CC1C. The predicted molar refractivity (Wildman–Crippen MR) is 75.7 cm³/mol. The average Bonchev–Trinajstić information content (AvgIpc) is 2.29. The first-order valence-corrected chi connectivity index (χ1v) is 7.35. The molecule has 0 radical (unpaired) electrons. The number of benzene rings is 1. The molecule has 0 saturated heterocycles. The van der Waals surface area contributed by atoms with Gasteiger partial charge in [0.15, 0.2) is 0 Å². The lowest BCUT2D eigenvalue weighted by molar-refractivity contribution is 0.101. The normalized spacial score (nSPS) is 29.1. The van der Waals surface area contributed by atoms with Crippen LogP contribution in [0.2, 0.25) is 5.02 Å². The predicted octanol–water partition coefficient (Wildman–Crippen LogP) is 5.31. The summed E-state index contributed by atoms with van der Waals surface area (Å²) in [5.74, 6) is 2.35. The number of rotatable bonds is 2. The van der Waals surface area contributed by atoms with Gasteiger partial charge in [-0.25, -0.2) is 0 Å². The van der Waals surface area contributed by atoms with Gasteiger partial charge < -0.3 is 4.74 Å². The molecule has 17 heavy (non-hydrogen) atoms.